The van der Waals surface area contributed by atoms with Gasteiger partial charge in [0.2, 0.25) is 0 Å². The van der Waals surface area contributed by atoms with Crippen LogP contribution in [0.5, 0.6) is 0 Å². The van der Waals surface area contributed by atoms with E-state index in [0.29, 0.717) is 17.8 Å². The van der Waals surface area contributed by atoms with Crippen LogP contribution in [0.25, 0.3) is 0 Å². The summed E-state index contributed by atoms with van der Waals surface area (Å²) < 4.78 is 1.63. The van der Waals surface area contributed by atoms with E-state index in [4.69, 9.17) is 0 Å². The number of nitrogens with zero attached hydrogens (tertiary/aromatic N) is 2. The van der Waals surface area contributed by atoms with Gasteiger partial charge in [-0.3, -0.25) is 9.36 Å². The molecule has 110 valence electrons. The first-order chi connectivity index (χ1) is 9.41. The van der Waals surface area contributed by atoms with Crippen molar-refractivity contribution in [1.82, 2.24) is 9.55 Å². The number of carbonyl (C=O) groups is 1. The van der Waals surface area contributed by atoms with Gasteiger partial charge in [-0.15, -0.1) is 0 Å². The Morgan fingerprint density at radius 3 is 2.65 bits per heavy atom. The molecule has 1 fully saturated rings. The summed E-state index contributed by atoms with van der Waals surface area (Å²) in [5.74, 6) is -0.694. The highest BCUT2D eigenvalue weighted by Crippen LogP contribution is 2.33. The lowest BCUT2D eigenvalue weighted by molar-refractivity contribution is -0.138. The Labute approximate surface area is 118 Å². The van der Waals surface area contributed by atoms with E-state index in [1.54, 1.807) is 18.4 Å². The molecule has 1 heterocycles. The fourth-order valence-electron chi connectivity index (χ4n) is 2.77. The molecule has 0 radical (unpaired) electrons. The van der Waals surface area contributed by atoms with Gasteiger partial charge in [0.1, 0.15) is 0 Å². The third-order valence-electron chi connectivity index (χ3n) is 4.17. The van der Waals surface area contributed by atoms with Crippen LogP contribution in [0.15, 0.2) is 4.79 Å². The molecule has 0 amide bonds. The van der Waals surface area contributed by atoms with Gasteiger partial charge >= 0.3 is 11.7 Å². The summed E-state index contributed by atoms with van der Waals surface area (Å²) in [6, 6.07) is 0. The largest absolute Gasteiger partial charge is 0.481 e. The minimum absolute atomic E-state index is 0.267. The molecule has 1 unspecified atom stereocenters. The minimum Gasteiger partial charge on any atom is -0.481 e. The summed E-state index contributed by atoms with van der Waals surface area (Å²) in [7, 11) is 0. The molecule has 1 aliphatic rings. The van der Waals surface area contributed by atoms with Crippen LogP contribution in [0.2, 0.25) is 0 Å². The van der Waals surface area contributed by atoms with Crippen molar-refractivity contribution in [2.45, 2.75) is 58.9 Å². The molecule has 1 aromatic rings. The first-order valence-corrected chi connectivity index (χ1v) is 7.22. The maximum Gasteiger partial charge on any atom is 0.347 e. The smallest absolute Gasteiger partial charge is 0.347 e. The van der Waals surface area contributed by atoms with Gasteiger partial charge < -0.3 is 5.11 Å². The van der Waals surface area contributed by atoms with Crippen LogP contribution in [-0.2, 0) is 11.3 Å². The number of rotatable bonds is 6. The van der Waals surface area contributed by atoms with E-state index < -0.39 is 11.9 Å². The van der Waals surface area contributed by atoms with Gasteiger partial charge in [-0.2, -0.15) is 4.98 Å². The molecule has 5 nitrogen and oxygen atoms in total. The van der Waals surface area contributed by atoms with Gasteiger partial charge in [0.25, 0.3) is 0 Å². The lowest BCUT2D eigenvalue weighted by atomic mass is 9.98. The molecule has 0 bridgehead atoms. The van der Waals surface area contributed by atoms with Crippen LogP contribution in [0.4, 0.5) is 0 Å². The zero-order chi connectivity index (χ0) is 14.9. The van der Waals surface area contributed by atoms with Crippen LogP contribution in [0.3, 0.4) is 0 Å². The molecule has 0 aliphatic heterocycles. The van der Waals surface area contributed by atoms with Crippen LogP contribution >= 0.6 is 0 Å². The molecular formula is C15H22N2O3. The SMILES string of the molecule is Cc1nc(=O)n(CCCC2CC2)c(C)c1C(C)C(=O)O. The Kier molecular flexibility index (Phi) is 4.26. The summed E-state index contributed by atoms with van der Waals surface area (Å²) in [6.07, 6.45) is 4.71. The molecule has 1 saturated carbocycles. The van der Waals surface area contributed by atoms with E-state index in [2.05, 4.69) is 4.98 Å². The average Bonchev–Trinajstić information content (AvgIpc) is 3.16. The van der Waals surface area contributed by atoms with Crippen LogP contribution < -0.4 is 5.69 Å². The first-order valence-electron chi connectivity index (χ1n) is 7.22. The number of aryl methyl sites for hydroxylation is 1. The molecule has 2 rings (SSSR count). The summed E-state index contributed by atoms with van der Waals surface area (Å²) in [6.45, 7) is 5.80. The third-order valence-corrected chi connectivity index (χ3v) is 4.17. The number of carboxylic acids is 1. The first kappa shape index (κ1) is 14.8. The van der Waals surface area contributed by atoms with E-state index in [-0.39, 0.29) is 5.69 Å². The van der Waals surface area contributed by atoms with E-state index in [0.717, 1.165) is 24.5 Å². The number of aliphatic carboxylic acids is 1. The predicted molar refractivity (Wildman–Crippen MR) is 76.0 cm³/mol. The van der Waals surface area contributed by atoms with Crippen LogP contribution in [0, 0.1) is 19.8 Å². The van der Waals surface area contributed by atoms with E-state index in [1.807, 2.05) is 6.92 Å². The molecule has 1 aromatic heterocycles. The molecule has 0 saturated heterocycles. The lowest BCUT2D eigenvalue weighted by Crippen LogP contribution is -2.29. The normalized spacial score (nSPS) is 16.1. The Morgan fingerprint density at radius 2 is 2.10 bits per heavy atom. The van der Waals surface area contributed by atoms with Gasteiger partial charge in [0.05, 0.1) is 5.92 Å². The van der Waals surface area contributed by atoms with Gasteiger partial charge in [0.15, 0.2) is 0 Å². The Bertz CT molecular complexity index is 573. The lowest BCUT2D eigenvalue weighted by Gasteiger charge is -2.17. The maximum atomic E-state index is 12.0. The molecule has 0 spiro atoms. The van der Waals surface area contributed by atoms with Crippen molar-refractivity contribution < 1.29 is 9.90 Å². The van der Waals surface area contributed by atoms with E-state index >= 15 is 0 Å². The highest BCUT2D eigenvalue weighted by molar-refractivity contribution is 5.76. The van der Waals surface area contributed by atoms with Crippen molar-refractivity contribution >= 4 is 5.97 Å². The van der Waals surface area contributed by atoms with Crippen LogP contribution in [0.1, 0.15) is 55.5 Å². The molecule has 20 heavy (non-hydrogen) atoms. The van der Waals surface area contributed by atoms with Crippen molar-refractivity contribution in [2.75, 3.05) is 0 Å². The molecule has 0 aromatic carbocycles. The quantitative estimate of drug-likeness (QED) is 0.866. The van der Waals surface area contributed by atoms with Gasteiger partial charge in [0, 0.05) is 23.5 Å². The molecule has 1 aliphatic carbocycles. The predicted octanol–water partition coefficient (Wildman–Crippen LogP) is 2.24. The van der Waals surface area contributed by atoms with Crippen molar-refractivity contribution in [3.63, 3.8) is 0 Å². The van der Waals surface area contributed by atoms with E-state index in [1.165, 1.54) is 12.8 Å². The third kappa shape index (κ3) is 3.08. The highest BCUT2D eigenvalue weighted by Gasteiger charge is 2.23. The Morgan fingerprint density at radius 1 is 1.45 bits per heavy atom. The maximum absolute atomic E-state index is 12.0. The monoisotopic (exact) mass is 278 g/mol. The molecule has 5 heteroatoms. The van der Waals surface area contributed by atoms with Crippen molar-refractivity contribution in [2.24, 2.45) is 5.92 Å². The highest BCUT2D eigenvalue weighted by atomic mass is 16.4. The molecular weight excluding hydrogens is 256 g/mol. The van der Waals surface area contributed by atoms with Gasteiger partial charge in [-0.25, -0.2) is 4.79 Å². The second-order valence-corrected chi connectivity index (χ2v) is 5.78. The number of hydrogen-bond donors (Lipinski definition) is 1. The summed E-state index contributed by atoms with van der Waals surface area (Å²) in [5.41, 5.74) is 1.68. The standard InChI is InChI=1S/C15H22N2O3/c1-9(14(18)19)13-10(2)16-15(20)17(11(13)3)8-4-5-12-6-7-12/h9,12H,4-8H2,1-3H3,(H,18,19). The Hall–Kier alpha value is -1.65. The van der Waals surface area contributed by atoms with Crippen molar-refractivity contribution in [3.8, 4) is 0 Å². The fraction of sp³-hybridized carbons (Fsp3) is 0.667. The molecule has 1 N–H and O–H groups in total. The number of aromatic nitrogens is 2. The summed E-state index contributed by atoms with van der Waals surface area (Å²) >= 11 is 0. The zero-order valence-corrected chi connectivity index (χ0v) is 12.3. The van der Waals surface area contributed by atoms with Crippen LogP contribution in [-0.4, -0.2) is 20.6 Å². The van der Waals surface area contributed by atoms with E-state index in [9.17, 15) is 14.7 Å². The van der Waals surface area contributed by atoms with Gasteiger partial charge in [-0.05, 0) is 39.5 Å². The minimum atomic E-state index is -0.888. The fourth-order valence-corrected chi connectivity index (χ4v) is 2.77. The zero-order valence-electron chi connectivity index (χ0n) is 12.3. The molecule has 1 atom stereocenters. The van der Waals surface area contributed by atoms with Crippen molar-refractivity contribution in [3.05, 3.63) is 27.4 Å². The van der Waals surface area contributed by atoms with Crippen molar-refractivity contribution in [1.29, 1.82) is 0 Å². The second-order valence-electron chi connectivity index (χ2n) is 5.78. The number of carboxylic acid groups (broad SMARTS) is 1. The second kappa shape index (κ2) is 5.77. The Balaban J connectivity index is 2.27. The summed E-state index contributed by atoms with van der Waals surface area (Å²) in [5, 5.41) is 9.19. The average molecular weight is 278 g/mol. The number of hydrogen-bond acceptors (Lipinski definition) is 3. The van der Waals surface area contributed by atoms with Gasteiger partial charge in [-0.1, -0.05) is 12.8 Å². The topological polar surface area (TPSA) is 72.2 Å². The summed E-state index contributed by atoms with van der Waals surface area (Å²) in [4.78, 5) is 27.2.